The molecular formula is C19H27N5O2. The first-order valence-electron chi connectivity index (χ1n) is 9.50. The predicted octanol–water partition coefficient (Wildman–Crippen LogP) is 2.36. The minimum Gasteiger partial charge on any atom is -0.484 e. The van der Waals surface area contributed by atoms with Crippen molar-refractivity contribution in [2.75, 3.05) is 26.3 Å². The van der Waals surface area contributed by atoms with Crippen molar-refractivity contribution < 1.29 is 9.47 Å². The van der Waals surface area contributed by atoms with E-state index in [9.17, 15) is 0 Å². The van der Waals surface area contributed by atoms with Crippen LogP contribution in [-0.4, -0.2) is 51.0 Å². The summed E-state index contributed by atoms with van der Waals surface area (Å²) in [6, 6.07) is 4.17. The third kappa shape index (κ3) is 3.73. The van der Waals surface area contributed by atoms with Gasteiger partial charge in [-0.2, -0.15) is 0 Å². The van der Waals surface area contributed by atoms with Gasteiger partial charge in [0.1, 0.15) is 18.2 Å². The molecule has 0 N–H and O–H groups in total. The predicted molar refractivity (Wildman–Crippen MR) is 96.9 cm³/mol. The van der Waals surface area contributed by atoms with Crippen LogP contribution in [0.3, 0.4) is 0 Å². The summed E-state index contributed by atoms with van der Waals surface area (Å²) < 4.78 is 13.5. The molecule has 0 unspecified atom stereocenters. The van der Waals surface area contributed by atoms with E-state index in [-0.39, 0.29) is 6.04 Å². The van der Waals surface area contributed by atoms with Crippen LogP contribution >= 0.6 is 0 Å². The summed E-state index contributed by atoms with van der Waals surface area (Å²) in [7, 11) is 0. The lowest BCUT2D eigenvalue weighted by Gasteiger charge is -2.37. The Hall–Kier alpha value is -1.99. The molecule has 0 aromatic carbocycles. The number of aryl methyl sites for hydroxylation is 1. The van der Waals surface area contributed by atoms with E-state index in [0.29, 0.717) is 6.61 Å². The van der Waals surface area contributed by atoms with E-state index in [1.165, 1.54) is 12.8 Å². The first-order chi connectivity index (χ1) is 12.7. The summed E-state index contributed by atoms with van der Waals surface area (Å²) in [4.78, 5) is 6.80. The van der Waals surface area contributed by atoms with Crippen LogP contribution in [0.5, 0.6) is 5.75 Å². The largest absolute Gasteiger partial charge is 0.484 e. The number of pyridine rings is 1. The van der Waals surface area contributed by atoms with E-state index in [1.807, 2.05) is 19.1 Å². The molecule has 0 saturated carbocycles. The quantitative estimate of drug-likeness (QED) is 0.818. The van der Waals surface area contributed by atoms with Crippen molar-refractivity contribution in [3.8, 4) is 5.75 Å². The number of nitrogens with zero attached hydrogens (tertiary/aromatic N) is 5. The molecule has 2 aromatic heterocycles. The summed E-state index contributed by atoms with van der Waals surface area (Å²) in [5.74, 6) is 3.43. The Morgan fingerprint density at radius 1 is 1.19 bits per heavy atom. The van der Waals surface area contributed by atoms with Gasteiger partial charge in [-0.1, -0.05) is 0 Å². The molecule has 0 aliphatic carbocycles. The van der Waals surface area contributed by atoms with Crippen molar-refractivity contribution in [2.45, 2.75) is 45.9 Å². The van der Waals surface area contributed by atoms with Crippen LogP contribution in [0.2, 0.25) is 0 Å². The van der Waals surface area contributed by atoms with E-state index in [2.05, 4.69) is 31.6 Å². The summed E-state index contributed by atoms with van der Waals surface area (Å²) in [5.41, 5.74) is 0.982. The number of hydrogen-bond donors (Lipinski definition) is 0. The Labute approximate surface area is 154 Å². The molecule has 0 bridgehead atoms. The van der Waals surface area contributed by atoms with E-state index >= 15 is 0 Å². The van der Waals surface area contributed by atoms with Gasteiger partial charge < -0.3 is 14.0 Å². The van der Waals surface area contributed by atoms with Crippen LogP contribution in [0.1, 0.15) is 43.1 Å². The molecule has 0 radical (unpaired) electrons. The molecule has 7 nitrogen and oxygen atoms in total. The average molecular weight is 357 g/mol. The summed E-state index contributed by atoms with van der Waals surface area (Å²) in [6.45, 7) is 9.49. The Balaban J connectivity index is 1.39. The lowest BCUT2D eigenvalue weighted by atomic mass is 9.98. The zero-order chi connectivity index (χ0) is 17.9. The van der Waals surface area contributed by atoms with Crippen LogP contribution in [-0.2, 0) is 17.9 Å². The molecule has 2 aliphatic rings. The van der Waals surface area contributed by atoms with Gasteiger partial charge in [0.05, 0.1) is 12.2 Å². The number of fused-ring (bicyclic) bond motifs is 1. The molecular weight excluding hydrogens is 330 g/mol. The summed E-state index contributed by atoms with van der Waals surface area (Å²) in [6.07, 6.45) is 4.08. The van der Waals surface area contributed by atoms with Crippen molar-refractivity contribution >= 4 is 0 Å². The molecule has 0 spiro atoms. The van der Waals surface area contributed by atoms with Gasteiger partial charge in [0.2, 0.25) is 0 Å². The third-order valence-electron chi connectivity index (χ3n) is 5.47. The van der Waals surface area contributed by atoms with Gasteiger partial charge in [-0.15, -0.1) is 10.2 Å². The smallest absolute Gasteiger partial charge is 0.171 e. The van der Waals surface area contributed by atoms with Crippen LogP contribution in [0, 0.1) is 12.8 Å². The average Bonchev–Trinajstić information content (AvgIpc) is 3.08. The lowest BCUT2D eigenvalue weighted by molar-refractivity contribution is 0.0408. The van der Waals surface area contributed by atoms with Gasteiger partial charge in [-0.3, -0.25) is 9.88 Å². The van der Waals surface area contributed by atoms with E-state index in [1.54, 1.807) is 6.20 Å². The zero-order valence-electron chi connectivity index (χ0n) is 15.6. The van der Waals surface area contributed by atoms with Crippen LogP contribution < -0.4 is 4.74 Å². The molecule has 26 heavy (non-hydrogen) atoms. The molecule has 4 heterocycles. The summed E-state index contributed by atoms with van der Waals surface area (Å²) >= 11 is 0. The molecule has 2 aromatic rings. The minimum atomic E-state index is 0.286. The highest BCUT2D eigenvalue weighted by atomic mass is 16.5. The van der Waals surface area contributed by atoms with Crippen molar-refractivity contribution in [3.63, 3.8) is 0 Å². The van der Waals surface area contributed by atoms with Crippen LogP contribution in [0.25, 0.3) is 0 Å². The van der Waals surface area contributed by atoms with Gasteiger partial charge in [-0.25, -0.2) is 0 Å². The first kappa shape index (κ1) is 17.4. The molecule has 140 valence electrons. The fourth-order valence-corrected chi connectivity index (χ4v) is 3.79. The maximum absolute atomic E-state index is 5.84. The fraction of sp³-hybridized carbons (Fsp3) is 0.632. The van der Waals surface area contributed by atoms with Gasteiger partial charge >= 0.3 is 0 Å². The fourth-order valence-electron chi connectivity index (χ4n) is 3.79. The van der Waals surface area contributed by atoms with Crippen molar-refractivity contribution in [2.24, 2.45) is 5.92 Å². The maximum atomic E-state index is 5.84. The number of hydrogen-bond acceptors (Lipinski definition) is 6. The molecule has 1 saturated heterocycles. The van der Waals surface area contributed by atoms with Crippen molar-refractivity contribution in [1.29, 1.82) is 0 Å². The Morgan fingerprint density at radius 3 is 2.81 bits per heavy atom. The van der Waals surface area contributed by atoms with Crippen LogP contribution in [0.4, 0.5) is 0 Å². The van der Waals surface area contributed by atoms with Gasteiger partial charge in [0.15, 0.2) is 5.82 Å². The van der Waals surface area contributed by atoms with E-state index < -0.39 is 0 Å². The van der Waals surface area contributed by atoms with Gasteiger partial charge in [0, 0.05) is 38.5 Å². The molecule has 1 atom stereocenters. The molecule has 0 amide bonds. The van der Waals surface area contributed by atoms with Crippen molar-refractivity contribution in [1.82, 2.24) is 24.6 Å². The number of ether oxygens (including phenoxy) is 2. The monoisotopic (exact) mass is 357 g/mol. The second-order valence-corrected chi connectivity index (χ2v) is 7.28. The SMILES string of the molecule is Cc1ccc(OCc2nnc3n2CCN(CC2CCOCC2)[C@H]3C)cn1. The van der Waals surface area contributed by atoms with Crippen molar-refractivity contribution in [3.05, 3.63) is 35.7 Å². The molecule has 4 rings (SSSR count). The highest BCUT2D eigenvalue weighted by Crippen LogP contribution is 2.27. The van der Waals surface area contributed by atoms with Gasteiger partial charge in [0.25, 0.3) is 0 Å². The number of rotatable bonds is 5. The second-order valence-electron chi connectivity index (χ2n) is 7.28. The lowest BCUT2D eigenvalue weighted by Crippen LogP contribution is -2.41. The van der Waals surface area contributed by atoms with Gasteiger partial charge in [-0.05, 0) is 44.7 Å². The second kappa shape index (κ2) is 7.72. The third-order valence-corrected chi connectivity index (χ3v) is 5.47. The highest BCUT2D eigenvalue weighted by Gasteiger charge is 2.30. The van der Waals surface area contributed by atoms with E-state index in [0.717, 1.165) is 61.9 Å². The standard InChI is InChI=1S/C19H27N5O2/c1-14-3-4-17(11-20-14)26-13-18-21-22-19-15(2)23(7-8-24(18)19)12-16-5-9-25-10-6-16/h3-4,11,15-16H,5-10,12-13H2,1-2H3/t15-/m0/s1. The van der Waals surface area contributed by atoms with Crippen LogP contribution in [0.15, 0.2) is 18.3 Å². The molecule has 1 fully saturated rings. The first-order valence-corrected chi connectivity index (χ1v) is 9.50. The Kier molecular flexibility index (Phi) is 5.17. The summed E-state index contributed by atoms with van der Waals surface area (Å²) in [5, 5.41) is 8.84. The molecule has 7 heteroatoms. The Morgan fingerprint density at radius 2 is 2.04 bits per heavy atom. The highest BCUT2D eigenvalue weighted by molar-refractivity contribution is 5.19. The maximum Gasteiger partial charge on any atom is 0.171 e. The molecule has 2 aliphatic heterocycles. The van der Waals surface area contributed by atoms with E-state index in [4.69, 9.17) is 9.47 Å². The minimum absolute atomic E-state index is 0.286. The topological polar surface area (TPSA) is 65.3 Å². The normalized spacial score (nSPS) is 21.5. The number of aromatic nitrogens is 4. The Bertz CT molecular complexity index is 724. The zero-order valence-corrected chi connectivity index (χ0v) is 15.6.